The second-order valence-electron chi connectivity index (χ2n) is 2.66. The zero-order valence-corrected chi connectivity index (χ0v) is 8.95. The Morgan fingerprint density at radius 3 is 3.00 bits per heavy atom. The molecule has 68 valence electrons. The number of aromatic hydroxyl groups is 1. The molecule has 0 saturated carbocycles. The first-order chi connectivity index (χ1) is 6.24. The lowest BCUT2D eigenvalue weighted by atomic mass is 10.1. The molecule has 1 N–H and O–H groups in total. The van der Waals surface area contributed by atoms with Crippen LogP contribution in [0.4, 0.5) is 4.39 Å². The second kappa shape index (κ2) is 3.27. The van der Waals surface area contributed by atoms with Crippen LogP contribution in [0.2, 0.25) is 0 Å². The molecule has 0 radical (unpaired) electrons. The Labute approximate surface area is 86.9 Å². The molecule has 13 heavy (non-hydrogen) atoms. The summed E-state index contributed by atoms with van der Waals surface area (Å²) in [6, 6.07) is 3.24. The predicted molar refractivity (Wildman–Crippen MR) is 56.1 cm³/mol. The summed E-state index contributed by atoms with van der Waals surface area (Å²) in [4.78, 5) is 0. The minimum absolute atomic E-state index is 0.241. The molecule has 0 aliphatic heterocycles. The first-order valence-electron chi connectivity index (χ1n) is 3.67. The Morgan fingerprint density at radius 2 is 2.31 bits per heavy atom. The molecule has 0 atom stereocenters. The standard InChI is InChI=1S/C9H6BrFOS/c10-4-5-3-7(11)8(12)9-6(5)1-2-13-9/h1-3,12H,4H2. The number of thiophene rings is 1. The molecule has 1 aromatic heterocycles. The number of hydrogen-bond donors (Lipinski definition) is 1. The van der Waals surface area contributed by atoms with Gasteiger partial charge in [-0.15, -0.1) is 11.3 Å². The summed E-state index contributed by atoms with van der Waals surface area (Å²) in [5.41, 5.74) is 0.867. The van der Waals surface area contributed by atoms with E-state index in [4.69, 9.17) is 0 Å². The molecule has 2 rings (SSSR count). The summed E-state index contributed by atoms with van der Waals surface area (Å²) in [7, 11) is 0. The van der Waals surface area contributed by atoms with E-state index in [1.807, 2.05) is 11.4 Å². The van der Waals surface area contributed by atoms with Crippen LogP contribution >= 0.6 is 27.3 Å². The SMILES string of the molecule is Oc1c(F)cc(CBr)c2ccsc12. The van der Waals surface area contributed by atoms with Crippen molar-refractivity contribution in [1.82, 2.24) is 0 Å². The van der Waals surface area contributed by atoms with Crippen molar-refractivity contribution in [2.75, 3.05) is 0 Å². The smallest absolute Gasteiger partial charge is 0.169 e. The van der Waals surface area contributed by atoms with E-state index in [9.17, 15) is 9.50 Å². The maximum Gasteiger partial charge on any atom is 0.169 e. The van der Waals surface area contributed by atoms with E-state index >= 15 is 0 Å². The highest BCUT2D eigenvalue weighted by molar-refractivity contribution is 9.08. The lowest BCUT2D eigenvalue weighted by Crippen LogP contribution is -1.83. The second-order valence-corrected chi connectivity index (χ2v) is 4.14. The molecule has 1 heterocycles. The number of phenolic OH excluding ortho intramolecular Hbond substituents is 1. The largest absolute Gasteiger partial charge is 0.504 e. The van der Waals surface area contributed by atoms with Crippen LogP contribution in [0, 0.1) is 5.82 Å². The summed E-state index contributed by atoms with van der Waals surface area (Å²) in [5, 5.41) is 12.7. The van der Waals surface area contributed by atoms with Gasteiger partial charge in [0.1, 0.15) is 0 Å². The Hall–Kier alpha value is -0.610. The van der Waals surface area contributed by atoms with Gasteiger partial charge in [0.2, 0.25) is 0 Å². The first kappa shape index (κ1) is 8.97. The Morgan fingerprint density at radius 1 is 1.54 bits per heavy atom. The quantitative estimate of drug-likeness (QED) is 0.777. The van der Waals surface area contributed by atoms with Crippen molar-refractivity contribution in [3.63, 3.8) is 0 Å². The van der Waals surface area contributed by atoms with Crippen molar-refractivity contribution in [3.05, 3.63) is 28.9 Å². The Bertz CT molecular complexity index is 452. The van der Waals surface area contributed by atoms with Crippen molar-refractivity contribution >= 4 is 37.4 Å². The molecule has 0 spiro atoms. The van der Waals surface area contributed by atoms with E-state index in [1.54, 1.807) is 0 Å². The van der Waals surface area contributed by atoms with Crippen LogP contribution in [0.3, 0.4) is 0 Å². The van der Waals surface area contributed by atoms with E-state index in [-0.39, 0.29) is 5.75 Å². The zero-order valence-electron chi connectivity index (χ0n) is 6.55. The Kier molecular flexibility index (Phi) is 2.26. The van der Waals surface area contributed by atoms with Gasteiger partial charge >= 0.3 is 0 Å². The highest BCUT2D eigenvalue weighted by Gasteiger charge is 2.11. The average Bonchev–Trinajstić information content (AvgIpc) is 2.60. The molecule has 0 bridgehead atoms. The van der Waals surface area contributed by atoms with Crippen molar-refractivity contribution in [3.8, 4) is 5.75 Å². The monoisotopic (exact) mass is 260 g/mol. The van der Waals surface area contributed by atoms with Gasteiger partial charge in [0.05, 0.1) is 4.70 Å². The molecule has 0 saturated heterocycles. The molecule has 1 nitrogen and oxygen atoms in total. The van der Waals surface area contributed by atoms with Crippen molar-refractivity contribution in [2.24, 2.45) is 0 Å². The molecule has 1 aromatic carbocycles. The van der Waals surface area contributed by atoms with Gasteiger partial charge in [-0.3, -0.25) is 0 Å². The van der Waals surface area contributed by atoms with Gasteiger partial charge in [-0.2, -0.15) is 0 Å². The molecular formula is C9H6BrFOS. The highest BCUT2D eigenvalue weighted by atomic mass is 79.9. The van der Waals surface area contributed by atoms with E-state index < -0.39 is 5.82 Å². The van der Waals surface area contributed by atoms with Crippen LogP contribution in [-0.2, 0) is 5.33 Å². The van der Waals surface area contributed by atoms with E-state index in [1.165, 1.54) is 17.4 Å². The fourth-order valence-corrected chi connectivity index (χ4v) is 2.60. The number of rotatable bonds is 1. The molecule has 0 amide bonds. The topological polar surface area (TPSA) is 20.2 Å². The molecule has 4 heteroatoms. The van der Waals surface area contributed by atoms with Crippen LogP contribution in [-0.4, -0.2) is 5.11 Å². The summed E-state index contributed by atoms with van der Waals surface area (Å²) in [6.07, 6.45) is 0. The summed E-state index contributed by atoms with van der Waals surface area (Å²) < 4.78 is 13.7. The van der Waals surface area contributed by atoms with Gasteiger partial charge in [-0.25, -0.2) is 4.39 Å². The number of hydrogen-bond acceptors (Lipinski definition) is 2. The molecule has 0 unspecified atom stereocenters. The number of fused-ring (bicyclic) bond motifs is 1. The average molecular weight is 261 g/mol. The minimum Gasteiger partial charge on any atom is -0.504 e. The fourth-order valence-electron chi connectivity index (χ4n) is 1.26. The summed E-state index contributed by atoms with van der Waals surface area (Å²) in [6.45, 7) is 0. The van der Waals surface area contributed by atoms with Crippen molar-refractivity contribution < 1.29 is 9.50 Å². The van der Waals surface area contributed by atoms with Crippen LogP contribution < -0.4 is 0 Å². The summed E-state index contributed by atoms with van der Waals surface area (Å²) >= 11 is 4.63. The van der Waals surface area contributed by atoms with Gasteiger partial charge in [-0.1, -0.05) is 15.9 Å². The fraction of sp³-hybridized carbons (Fsp3) is 0.111. The van der Waals surface area contributed by atoms with Crippen LogP contribution in [0.5, 0.6) is 5.75 Å². The first-order valence-corrected chi connectivity index (χ1v) is 5.67. The molecule has 2 aromatic rings. The van der Waals surface area contributed by atoms with Gasteiger partial charge in [-0.05, 0) is 23.1 Å². The van der Waals surface area contributed by atoms with E-state index in [0.717, 1.165) is 10.9 Å². The lowest BCUT2D eigenvalue weighted by molar-refractivity contribution is 0.439. The zero-order chi connectivity index (χ0) is 9.42. The molecule has 0 aliphatic rings. The van der Waals surface area contributed by atoms with Crippen molar-refractivity contribution in [2.45, 2.75) is 5.33 Å². The normalized spacial score (nSPS) is 10.9. The molecule has 0 aliphatic carbocycles. The van der Waals surface area contributed by atoms with Crippen LogP contribution in [0.25, 0.3) is 10.1 Å². The number of alkyl halides is 1. The maximum absolute atomic E-state index is 13.1. The third kappa shape index (κ3) is 1.34. The van der Waals surface area contributed by atoms with Gasteiger partial charge in [0.15, 0.2) is 11.6 Å². The number of benzene rings is 1. The molecule has 0 fully saturated rings. The number of phenols is 1. The highest BCUT2D eigenvalue weighted by Crippen LogP contribution is 2.35. The van der Waals surface area contributed by atoms with Gasteiger partial charge < -0.3 is 5.11 Å². The van der Waals surface area contributed by atoms with Crippen LogP contribution in [0.15, 0.2) is 17.5 Å². The minimum atomic E-state index is -0.551. The van der Waals surface area contributed by atoms with Crippen LogP contribution in [0.1, 0.15) is 5.56 Å². The van der Waals surface area contributed by atoms with E-state index in [2.05, 4.69) is 15.9 Å². The van der Waals surface area contributed by atoms with Crippen molar-refractivity contribution in [1.29, 1.82) is 0 Å². The lowest BCUT2D eigenvalue weighted by Gasteiger charge is -2.01. The summed E-state index contributed by atoms with van der Waals surface area (Å²) in [5.74, 6) is -0.792. The number of halogens is 2. The molecular weight excluding hydrogens is 255 g/mol. The van der Waals surface area contributed by atoms with Gasteiger partial charge in [0.25, 0.3) is 0 Å². The predicted octanol–water partition coefficient (Wildman–Crippen LogP) is 3.64. The maximum atomic E-state index is 13.1. The van der Waals surface area contributed by atoms with Gasteiger partial charge in [0, 0.05) is 10.7 Å². The van der Waals surface area contributed by atoms with E-state index in [0.29, 0.717) is 10.0 Å². The Balaban J connectivity index is 2.87. The third-order valence-corrected chi connectivity index (χ3v) is 3.42. The third-order valence-electron chi connectivity index (χ3n) is 1.90.